The minimum Gasteiger partial charge on any atom is -0.492 e. The number of hydrogen-bond donors (Lipinski definition) is 2. The van der Waals surface area contributed by atoms with E-state index in [-0.39, 0.29) is 30.9 Å². The van der Waals surface area contributed by atoms with E-state index < -0.39 is 6.10 Å². The van der Waals surface area contributed by atoms with Crippen LogP contribution in [0.2, 0.25) is 5.02 Å². The van der Waals surface area contributed by atoms with Crippen molar-refractivity contribution in [2.24, 2.45) is 0 Å². The number of rotatable bonds is 10. The molecule has 2 N–H and O–H groups in total. The average molecular weight is 490 g/mol. The van der Waals surface area contributed by atoms with Crippen molar-refractivity contribution >= 4 is 36.4 Å². The Bertz CT molecular complexity index is 740. The molecule has 3 rings (SSSR count). The van der Waals surface area contributed by atoms with Crippen LogP contribution in [0.25, 0.3) is 0 Å². The summed E-state index contributed by atoms with van der Waals surface area (Å²) >= 11 is 6.00. The summed E-state index contributed by atoms with van der Waals surface area (Å²) in [7, 11) is 0. The second-order valence-corrected chi connectivity index (χ2v) is 8.42. The van der Waals surface area contributed by atoms with Crippen LogP contribution in [0.1, 0.15) is 43.4 Å². The van der Waals surface area contributed by atoms with Crippen LogP contribution in [0.5, 0.6) is 5.75 Å². The van der Waals surface area contributed by atoms with Gasteiger partial charge in [0.15, 0.2) is 0 Å². The SMILES string of the molecule is CC(Cc1ccc(OCCN2CCCCC2)cc1)NCC(O)c1cccc(Cl)c1.Cl.Cl. The van der Waals surface area contributed by atoms with E-state index >= 15 is 0 Å². The van der Waals surface area contributed by atoms with Crippen LogP contribution in [0.15, 0.2) is 48.5 Å². The van der Waals surface area contributed by atoms with Crippen LogP contribution in [-0.4, -0.2) is 48.8 Å². The van der Waals surface area contributed by atoms with Crippen molar-refractivity contribution in [3.63, 3.8) is 0 Å². The van der Waals surface area contributed by atoms with Crippen LogP contribution in [0, 0.1) is 0 Å². The fraction of sp³-hybridized carbons (Fsp3) is 0.500. The molecule has 0 amide bonds. The van der Waals surface area contributed by atoms with Crippen molar-refractivity contribution in [2.45, 2.75) is 44.8 Å². The molecule has 0 radical (unpaired) electrons. The first-order valence-electron chi connectivity index (χ1n) is 10.7. The Kier molecular flexibility index (Phi) is 13.5. The number of nitrogens with one attached hydrogen (secondary N) is 1. The molecular formula is C24H35Cl3N2O2. The Balaban J connectivity index is 0.00000240. The highest BCUT2D eigenvalue weighted by atomic mass is 35.5. The van der Waals surface area contributed by atoms with Gasteiger partial charge in [-0.3, -0.25) is 4.90 Å². The van der Waals surface area contributed by atoms with Crippen LogP contribution in [-0.2, 0) is 6.42 Å². The lowest BCUT2D eigenvalue weighted by Crippen LogP contribution is -2.33. The number of piperidine rings is 1. The number of nitrogens with zero attached hydrogens (tertiary/aromatic N) is 1. The standard InChI is InChI=1S/C24H33ClN2O2.2ClH/c1-19(26-18-24(28)21-6-5-7-22(25)17-21)16-20-8-10-23(11-9-20)29-15-14-27-12-3-2-4-13-27;;/h5-11,17,19,24,26,28H,2-4,12-16,18H2,1H3;2*1H. The molecule has 1 fully saturated rings. The van der Waals surface area contributed by atoms with Gasteiger partial charge in [0.2, 0.25) is 0 Å². The smallest absolute Gasteiger partial charge is 0.119 e. The largest absolute Gasteiger partial charge is 0.492 e. The lowest BCUT2D eigenvalue weighted by molar-refractivity contribution is 0.170. The maximum atomic E-state index is 10.3. The molecule has 0 aromatic heterocycles. The quantitative estimate of drug-likeness (QED) is 0.475. The summed E-state index contributed by atoms with van der Waals surface area (Å²) < 4.78 is 5.91. The number of aliphatic hydroxyl groups is 1. The third kappa shape index (κ3) is 9.98. The van der Waals surface area contributed by atoms with E-state index in [4.69, 9.17) is 16.3 Å². The fourth-order valence-corrected chi connectivity index (χ4v) is 3.97. The lowest BCUT2D eigenvalue weighted by atomic mass is 10.1. The number of ether oxygens (including phenoxy) is 1. The van der Waals surface area contributed by atoms with E-state index in [2.05, 4.69) is 41.4 Å². The molecule has 174 valence electrons. The number of benzene rings is 2. The summed E-state index contributed by atoms with van der Waals surface area (Å²) in [4.78, 5) is 2.49. The van der Waals surface area contributed by atoms with E-state index in [1.54, 1.807) is 0 Å². The molecule has 0 bridgehead atoms. The normalized spacial score (nSPS) is 16.0. The molecule has 1 saturated heterocycles. The molecule has 1 aliphatic rings. The summed E-state index contributed by atoms with van der Waals surface area (Å²) in [6.45, 7) is 6.81. The third-order valence-electron chi connectivity index (χ3n) is 5.48. The molecule has 7 heteroatoms. The lowest BCUT2D eigenvalue weighted by Gasteiger charge is -2.26. The summed E-state index contributed by atoms with van der Waals surface area (Å²) in [6.07, 6.45) is 4.34. The van der Waals surface area contributed by atoms with Gasteiger partial charge in [0.25, 0.3) is 0 Å². The average Bonchev–Trinajstić information content (AvgIpc) is 2.74. The highest BCUT2D eigenvalue weighted by Gasteiger charge is 2.11. The third-order valence-corrected chi connectivity index (χ3v) is 5.72. The zero-order chi connectivity index (χ0) is 20.5. The molecular weight excluding hydrogens is 455 g/mol. The molecule has 4 nitrogen and oxygen atoms in total. The number of hydrogen-bond acceptors (Lipinski definition) is 4. The maximum Gasteiger partial charge on any atom is 0.119 e. The summed E-state index contributed by atoms with van der Waals surface area (Å²) in [5.74, 6) is 0.933. The van der Waals surface area contributed by atoms with Gasteiger partial charge < -0.3 is 15.2 Å². The molecule has 2 aromatic rings. The molecule has 0 spiro atoms. The van der Waals surface area contributed by atoms with Crippen molar-refractivity contribution in [1.82, 2.24) is 10.2 Å². The Morgan fingerprint density at radius 1 is 1.06 bits per heavy atom. The molecule has 0 saturated carbocycles. The topological polar surface area (TPSA) is 44.7 Å². The number of halogens is 3. The number of likely N-dealkylation sites (tertiary alicyclic amines) is 1. The van der Waals surface area contributed by atoms with Gasteiger partial charge in [0.05, 0.1) is 6.10 Å². The Labute approximate surface area is 204 Å². The van der Waals surface area contributed by atoms with E-state index in [0.717, 1.165) is 30.9 Å². The van der Waals surface area contributed by atoms with Gasteiger partial charge in [-0.15, -0.1) is 24.8 Å². The molecule has 1 aliphatic heterocycles. The van der Waals surface area contributed by atoms with Crippen molar-refractivity contribution in [1.29, 1.82) is 0 Å². The summed E-state index contributed by atoms with van der Waals surface area (Å²) in [6, 6.07) is 16.0. The minimum absolute atomic E-state index is 0. The zero-order valence-electron chi connectivity index (χ0n) is 18.1. The second-order valence-electron chi connectivity index (χ2n) is 7.98. The van der Waals surface area contributed by atoms with Crippen molar-refractivity contribution in [2.75, 3.05) is 32.8 Å². The van der Waals surface area contributed by atoms with E-state index in [9.17, 15) is 5.11 Å². The van der Waals surface area contributed by atoms with Crippen molar-refractivity contribution in [3.8, 4) is 5.75 Å². The van der Waals surface area contributed by atoms with Gasteiger partial charge in [0, 0.05) is 24.2 Å². The Morgan fingerprint density at radius 2 is 1.77 bits per heavy atom. The molecule has 2 aromatic carbocycles. The van der Waals surface area contributed by atoms with Crippen LogP contribution in [0.3, 0.4) is 0 Å². The van der Waals surface area contributed by atoms with E-state index in [1.807, 2.05) is 24.3 Å². The molecule has 1 heterocycles. The fourth-order valence-electron chi connectivity index (χ4n) is 3.77. The summed E-state index contributed by atoms with van der Waals surface area (Å²) in [5, 5.41) is 14.4. The molecule has 0 aliphatic carbocycles. The minimum atomic E-state index is -0.563. The summed E-state index contributed by atoms with van der Waals surface area (Å²) in [5.41, 5.74) is 2.09. The first-order chi connectivity index (χ1) is 14.1. The van der Waals surface area contributed by atoms with Crippen LogP contribution >= 0.6 is 36.4 Å². The van der Waals surface area contributed by atoms with Gasteiger partial charge in [0.1, 0.15) is 12.4 Å². The predicted octanol–water partition coefficient (Wildman–Crippen LogP) is 5.30. The van der Waals surface area contributed by atoms with Crippen molar-refractivity contribution < 1.29 is 9.84 Å². The zero-order valence-corrected chi connectivity index (χ0v) is 20.5. The van der Waals surface area contributed by atoms with Crippen LogP contribution < -0.4 is 10.1 Å². The first kappa shape index (κ1) is 28.0. The van der Waals surface area contributed by atoms with Crippen molar-refractivity contribution in [3.05, 3.63) is 64.7 Å². The van der Waals surface area contributed by atoms with Gasteiger partial charge in [-0.25, -0.2) is 0 Å². The van der Waals surface area contributed by atoms with Gasteiger partial charge in [-0.05, 0) is 74.7 Å². The highest BCUT2D eigenvalue weighted by molar-refractivity contribution is 6.30. The second kappa shape index (κ2) is 14.9. The highest BCUT2D eigenvalue weighted by Crippen LogP contribution is 2.18. The Morgan fingerprint density at radius 3 is 2.45 bits per heavy atom. The number of aliphatic hydroxyl groups excluding tert-OH is 1. The maximum absolute atomic E-state index is 10.3. The first-order valence-corrected chi connectivity index (χ1v) is 11.1. The monoisotopic (exact) mass is 488 g/mol. The van der Waals surface area contributed by atoms with E-state index in [1.165, 1.54) is 37.9 Å². The van der Waals surface area contributed by atoms with Gasteiger partial charge in [-0.1, -0.05) is 42.3 Å². The molecule has 2 atom stereocenters. The van der Waals surface area contributed by atoms with Crippen LogP contribution in [0.4, 0.5) is 0 Å². The Hall–Kier alpha value is -1.01. The van der Waals surface area contributed by atoms with Gasteiger partial charge in [-0.2, -0.15) is 0 Å². The molecule has 31 heavy (non-hydrogen) atoms. The predicted molar refractivity (Wildman–Crippen MR) is 134 cm³/mol. The van der Waals surface area contributed by atoms with Gasteiger partial charge >= 0.3 is 0 Å². The molecule has 2 unspecified atom stereocenters. The van der Waals surface area contributed by atoms with E-state index in [0.29, 0.717) is 11.6 Å².